The molecule has 2 aromatic carbocycles. The summed E-state index contributed by atoms with van der Waals surface area (Å²) < 4.78 is 5.73. The lowest BCUT2D eigenvalue weighted by atomic mass is 10.0. The van der Waals surface area contributed by atoms with Crippen LogP contribution in [-0.4, -0.2) is 35.9 Å². The molecule has 0 aliphatic heterocycles. The Balaban J connectivity index is 2.20. The first-order chi connectivity index (χ1) is 14.8. The Kier molecular flexibility index (Phi) is 9.66. The molecule has 2 amide bonds. The van der Waals surface area contributed by atoms with E-state index in [-0.39, 0.29) is 25.0 Å². The lowest BCUT2D eigenvalue weighted by Gasteiger charge is -2.30. The predicted molar refractivity (Wildman–Crippen MR) is 126 cm³/mol. The van der Waals surface area contributed by atoms with Crippen LogP contribution in [0.1, 0.15) is 51.2 Å². The van der Waals surface area contributed by atoms with Crippen LogP contribution in [0.4, 0.5) is 0 Å². The molecule has 0 radical (unpaired) electrons. The molecule has 7 heteroatoms. The fourth-order valence-electron chi connectivity index (χ4n) is 3.22. The number of nitrogens with one attached hydrogen (secondary N) is 1. The van der Waals surface area contributed by atoms with Crippen LogP contribution in [0.15, 0.2) is 42.5 Å². The van der Waals surface area contributed by atoms with Crippen molar-refractivity contribution in [1.82, 2.24) is 10.2 Å². The van der Waals surface area contributed by atoms with Crippen molar-refractivity contribution in [2.75, 3.05) is 13.2 Å². The highest BCUT2D eigenvalue weighted by atomic mass is 35.5. The van der Waals surface area contributed by atoms with Crippen LogP contribution in [0.25, 0.3) is 0 Å². The zero-order valence-electron chi connectivity index (χ0n) is 18.5. The van der Waals surface area contributed by atoms with Crippen LogP contribution in [-0.2, 0) is 16.1 Å². The molecule has 1 atom stereocenters. The number of nitrogens with zero attached hydrogens (tertiary/aromatic N) is 1. The molecule has 0 aliphatic carbocycles. The first kappa shape index (κ1) is 25.0. The molecule has 31 heavy (non-hydrogen) atoms. The van der Waals surface area contributed by atoms with E-state index in [0.717, 1.165) is 0 Å². The monoisotopic (exact) mass is 464 g/mol. The number of amides is 2. The van der Waals surface area contributed by atoms with Gasteiger partial charge in [-0.15, -0.1) is 0 Å². The molecule has 5 nitrogen and oxygen atoms in total. The van der Waals surface area contributed by atoms with Gasteiger partial charge in [0.25, 0.3) is 5.91 Å². The summed E-state index contributed by atoms with van der Waals surface area (Å²) in [5, 5.41) is 3.76. The van der Waals surface area contributed by atoms with E-state index in [9.17, 15) is 9.59 Å². The second-order valence-corrected chi connectivity index (χ2v) is 8.43. The molecule has 0 heterocycles. The molecule has 2 aromatic rings. The van der Waals surface area contributed by atoms with E-state index in [0.29, 0.717) is 40.2 Å². The number of halogens is 2. The van der Waals surface area contributed by atoms with E-state index in [1.165, 1.54) is 10.5 Å². The third kappa shape index (κ3) is 7.15. The van der Waals surface area contributed by atoms with E-state index in [4.69, 9.17) is 27.9 Å². The smallest absolute Gasteiger partial charge is 0.261 e. The second-order valence-electron chi connectivity index (χ2n) is 7.59. The standard InChI is InChI=1S/C24H30Cl2N2O3/c1-5-22(24(30)27-6-2)28(14-18-7-10-19(25)13-21(18)26)23(29)15-31-20-11-8-17(9-12-20)16(3)4/h7-13,16,22H,5-6,14-15H2,1-4H3,(H,27,30)/t22-/m1/s1. The van der Waals surface area contributed by atoms with Crippen LogP contribution in [0.5, 0.6) is 5.75 Å². The SMILES string of the molecule is CCNC(=O)[C@@H](CC)N(Cc1ccc(Cl)cc1Cl)C(=O)COc1ccc(C(C)C)cc1. The molecule has 2 rings (SSSR count). The maximum atomic E-state index is 13.1. The van der Waals surface area contributed by atoms with Crippen molar-refractivity contribution in [1.29, 1.82) is 0 Å². The van der Waals surface area contributed by atoms with Gasteiger partial charge in [-0.1, -0.05) is 62.2 Å². The topological polar surface area (TPSA) is 58.6 Å². The number of benzene rings is 2. The highest BCUT2D eigenvalue weighted by molar-refractivity contribution is 6.35. The molecule has 0 unspecified atom stereocenters. The molecular weight excluding hydrogens is 435 g/mol. The first-order valence-electron chi connectivity index (χ1n) is 10.5. The van der Waals surface area contributed by atoms with Gasteiger partial charge >= 0.3 is 0 Å². The quantitative estimate of drug-likeness (QED) is 0.509. The Bertz CT molecular complexity index is 885. The van der Waals surface area contributed by atoms with E-state index in [2.05, 4.69) is 19.2 Å². The van der Waals surface area contributed by atoms with Gasteiger partial charge in [-0.05, 0) is 54.7 Å². The maximum absolute atomic E-state index is 13.1. The van der Waals surface area contributed by atoms with E-state index in [1.807, 2.05) is 38.1 Å². The minimum atomic E-state index is -0.633. The molecule has 1 N–H and O–H groups in total. The Morgan fingerprint density at radius 3 is 2.29 bits per heavy atom. The molecule has 0 aliphatic rings. The number of rotatable bonds is 10. The summed E-state index contributed by atoms with van der Waals surface area (Å²) in [6, 6.07) is 12.1. The lowest BCUT2D eigenvalue weighted by Crippen LogP contribution is -2.50. The highest BCUT2D eigenvalue weighted by Gasteiger charge is 2.29. The van der Waals surface area contributed by atoms with Crippen molar-refractivity contribution in [3.63, 3.8) is 0 Å². The summed E-state index contributed by atoms with van der Waals surface area (Å²) in [5.41, 5.74) is 1.91. The summed E-state index contributed by atoms with van der Waals surface area (Å²) in [7, 11) is 0. The number of hydrogen-bond donors (Lipinski definition) is 1. The molecule has 0 bridgehead atoms. The van der Waals surface area contributed by atoms with Gasteiger partial charge in [0.05, 0.1) is 0 Å². The van der Waals surface area contributed by atoms with Crippen molar-refractivity contribution in [2.24, 2.45) is 0 Å². The maximum Gasteiger partial charge on any atom is 0.261 e. The zero-order valence-corrected chi connectivity index (χ0v) is 20.0. The molecule has 0 fully saturated rings. The van der Waals surface area contributed by atoms with E-state index in [1.54, 1.807) is 18.2 Å². The third-order valence-corrected chi connectivity index (χ3v) is 5.59. The van der Waals surface area contributed by atoms with Crippen LogP contribution in [0.3, 0.4) is 0 Å². The molecule has 0 aromatic heterocycles. The van der Waals surface area contributed by atoms with Crippen LogP contribution < -0.4 is 10.1 Å². The number of hydrogen-bond acceptors (Lipinski definition) is 3. The minimum Gasteiger partial charge on any atom is -0.484 e. The highest BCUT2D eigenvalue weighted by Crippen LogP contribution is 2.24. The van der Waals surface area contributed by atoms with Gasteiger partial charge < -0.3 is 15.0 Å². The Labute approximate surface area is 194 Å². The lowest BCUT2D eigenvalue weighted by molar-refractivity contribution is -0.142. The summed E-state index contributed by atoms with van der Waals surface area (Å²) in [4.78, 5) is 27.3. The molecule has 0 saturated carbocycles. The van der Waals surface area contributed by atoms with Gasteiger partial charge in [0, 0.05) is 23.1 Å². The Morgan fingerprint density at radius 2 is 1.74 bits per heavy atom. The van der Waals surface area contributed by atoms with Crippen molar-refractivity contribution in [3.8, 4) is 5.75 Å². The molecule has 0 spiro atoms. The van der Waals surface area contributed by atoms with E-state index < -0.39 is 6.04 Å². The van der Waals surface area contributed by atoms with Gasteiger partial charge in [-0.3, -0.25) is 9.59 Å². The van der Waals surface area contributed by atoms with Gasteiger partial charge in [-0.2, -0.15) is 0 Å². The van der Waals surface area contributed by atoms with Crippen LogP contribution >= 0.6 is 23.2 Å². The number of ether oxygens (including phenoxy) is 1. The average Bonchev–Trinajstić information content (AvgIpc) is 2.73. The fourth-order valence-corrected chi connectivity index (χ4v) is 3.69. The molecule has 168 valence electrons. The number of carbonyl (C=O) groups is 2. The Morgan fingerprint density at radius 1 is 1.06 bits per heavy atom. The predicted octanol–water partition coefficient (Wildman–Crippen LogP) is 5.44. The summed E-state index contributed by atoms with van der Waals surface area (Å²) >= 11 is 12.3. The third-order valence-electron chi connectivity index (χ3n) is 5.00. The van der Waals surface area contributed by atoms with Crippen LogP contribution in [0, 0.1) is 0 Å². The normalized spacial score (nSPS) is 11.8. The van der Waals surface area contributed by atoms with Crippen molar-refractivity contribution < 1.29 is 14.3 Å². The van der Waals surface area contributed by atoms with Crippen molar-refractivity contribution >= 4 is 35.0 Å². The molecule has 0 saturated heterocycles. The first-order valence-corrected chi connectivity index (χ1v) is 11.3. The second kappa shape index (κ2) is 12.0. The summed E-state index contributed by atoms with van der Waals surface area (Å²) in [6.07, 6.45) is 0.464. The average molecular weight is 465 g/mol. The fraction of sp³-hybridized carbons (Fsp3) is 0.417. The van der Waals surface area contributed by atoms with Gasteiger partial charge in [-0.25, -0.2) is 0 Å². The number of likely N-dealkylation sites (N-methyl/N-ethyl adjacent to an activating group) is 1. The van der Waals surface area contributed by atoms with E-state index >= 15 is 0 Å². The van der Waals surface area contributed by atoms with Crippen molar-refractivity contribution in [2.45, 2.75) is 52.6 Å². The van der Waals surface area contributed by atoms with Gasteiger partial charge in [0.15, 0.2) is 6.61 Å². The van der Waals surface area contributed by atoms with Crippen molar-refractivity contribution in [3.05, 3.63) is 63.6 Å². The Hall–Kier alpha value is -2.24. The largest absolute Gasteiger partial charge is 0.484 e. The minimum absolute atomic E-state index is 0.178. The van der Waals surface area contributed by atoms with Gasteiger partial charge in [0.1, 0.15) is 11.8 Å². The van der Waals surface area contributed by atoms with Crippen LogP contribution in [0.2, 0.25) is 10.0 Å². The molecular formula is C24H30Cl2N2O3. The summed E-state index contributed by atoms with van der Waals surface area (Å²) in [5.74, 6) is 0.521. The number of carbonyl (C=O) groups excluding carboxylic acids is 2. The van der Waals surface area contributed by atoms with Gasteiger partial charge in [0.2, 0.25) is 5.91 Å². The summed E-state index contributed by atoms with van der Waals surface area (Å²) in [6.45, 7) is 8.43. The zero-order chi connectivity index (χ0) is 23.0.